The maximum Gasteiger partial charge on any atom is 0.223 e. The van der Waals surface area contributed by atoms with Gasteiger partial charge in [-0.1, -0.05) is 31.9 Å². The summed E-state index contributed by atoms with van der Waals surface area (Å²) < 4.78 is 5.18. The van der Waals surface area contributed by atoms with Crippen LogP contribution in [-0.2, 0) is 20.9 Å². The minimum absolute atomic E-state index is 0.0167. The van der Waals surface area contributed by atoms with Crippen molar-refractivity contribution >= 4 is 12.3 Å². The van der Waals surface area contributed by atoms with E-state index in [9.17, 15) is 14.7 Å². The van der Waals surface area contributed by atoms with Crippen LogP contribution in [0.25, 0.3) is 0 Å². The number of nitrogens with two attached hydrogens (primary N) is 2. The number of aliphatic hydroxyl groups is 1. The molecule has 2 saturated heterocycles. The van der Waals surface area contributed by atoms with Crippen LogP contribution in [0.4, 0.5) is 0 Å². The Morgan fingerprint density at radius 2 is 2.00 bits per heavy atom. The Morgan fingerprint density at radius 3 is 2.43 bits per heavy atom. The molecule has 0 radical (unpaired) electrons. The molecule has 166 valence electrons. The number of hydrogen-bond acceptors (Lipinski definition) is 6. The van der Waals surface area contributed by atoms with Crippen LogP contribution in [0.1, 0.15) is 37.8 Å². The van der Waals surface area contributed by atoms with E-state index in [-0.39, 0.29) is 17.4 Å². The third kappa shape index (κ3) is 8.13. The molecule has 30 heavy (non-hydrogen) atoms. The van der Waals surface area contributed by atoms with Gasteiger partial charge in [0.15, 0.2) is 0 Å². The molecule has 1 aromatic rings. The second kappa shape index (κ2) is 13.0. The second-order valence-corrected chi connectivity index (χ2v) is 8.02. The summed E-state index contributed by atoms with van der Waals surface area (Å²) >= 11 is 0. The first-order valence-corrected chi connectivity index (χ1v) is 9.95. The lowest BCUT2D eigenvalue weighted by Gasteiger charge is -2.40. The van der Waals surface area contributed by atoms with Crippen molar-refractivity contribution < 1.29 is 19.4 Å². The fourth-order valence-corrected chi connectivity index (χ4v) is 3.18. The van der Waals surface area contributed by atoms with Gasteiger partial charge >= 0.3 is 0 Å². The Hall–Kier alpha value is -2.44. The Bertz CT molecular complexity index is 696. The summed E-state index contributed by atoms with van der Waals surface area (Å²) in [7, 11) is 0. The van der Waals surface area contributed by atoms with E-state index in [0.29, 0.717) is 38.4 Å². The van der Waals surface area contributed by atoms with Crippen LogP contribution in [0.2, 0.25) is 0 Å². The van der Waals surface area contributed by atoms with Gasteiger partial charge in [0.1, 0.15) is 0 Å². The lowest BCUT2D eigenvalue weighted by Crippen LogP contribution is -2.43. The van der Waals surface area contributed by atoms with Crippen molar-refractivity contribution in [1.82, 2.24) is 10.2 Å². The summed E-state index contributed by atoms with van der Waals surface area (Å²) in [6.45, 7) is 7.59. The topological polar surface area (TPSA) is 131 Å². The number of nitrogens with one attached hydrogen (secondary N) is 1. The van der Waals surface area contributed by atoms with Crippen molar-refractivity contribution in [2.24, 2.45) is 23.0 Å². The van der Waals surface area contributed by atoms with Crippen LogP contribution in [-0.4, -0.2) is 54.7 Å². The summed E-state index contributed by atoms with van der Waals surface area (Å²) in [6, 6.07) is 7.49. The lowest BCUT2D eigenvalue weighted by molar-refractivity contribution is -0.139. The quantitative estimate of drug-likeness (QED) is 0.229. The van der Waals surface area contributed by atoms with Crippen LogP contribution in [0, 0.1) is 23.7 Å². The molecule has 0 aliphatic carbocycles. The van der Waals surface area contributed by atoms with Gasteiger partial charge in [0.25, 0.3) is 0 Å². The van der Waals surface area contributed by atoms with E-state index in [2.05, 4.69) is 36.8 Å². The second-order valence-electron chi connectivity index (χ2n) is 8.02. The lowest BCUT2D eigenvalue weighted by atomic mass is 9.75. The molecule has 0 saturated carbocycles. The highest BCUT2D eigenvalue weighted by Gasteiger charge is 2.38. The number of nitrogens with zero attached hydrogens (tertiary/aromatic N) is 1. The first-order chi connectivity index (χ1) is 14.4. The number of β-amino-alcohol motifs (C(OH)–C–C–N with tert-alkyl or cyclic N) is 1. The summed E-state index contributed by atoms with van der Waals surface area (Å²) in [5, 5.41) is 12.0. The highest BCUT2D eigenvalue weighted by atomic mass is 16.5. The van der Waals surface area contributed by atoms with E-state index in [1.807, 2.05) is 24.3 Å². The molecule has 0 aromatic heterocycles. The van der Waals surface area contributed by atoms with Crippen LogP contribution in [0.5, 0.6) is 0 Å². The normalized spacial score (nSPS) is 18.0. The number of likely N-dealkylation sites (tertiary alicyclic amines) is 1. The number of carbonyl (C=O) groups is 2. The van der Waals surface area contributed by atoms with Crippen LogP contribution in [0.3, 0.4) is 0 Å². The molecule has 1 aromatic carbocycles. The van der Waals surface area contributed by atoms with Gasteiger partial charge in [0.2, 0.25) is 12.3 Å². The molecule has 2 aliphatic rings. The minimum Gasteiger partial charge on any atom is -0.391 e. The van der Waals surface area contributed by atoms with E-state index >= 15 is 0 Å². The van der Waals surface area contributed by atoms with Crippen molar-refractivity contribution in [2.75, 3.05) is 26.3 Å². The monoisotopic (exact) mass is 418 g/mol. The number of benzene rings is 1. The number of aliphatic hydroxyl groups excluding tert-OH is 1. The summed E-state index contributed by atoms with van der Waals surface area (Å²) in [4.78, 5) is 23.8. The molecular formula is C22H34N4O4. The molecule has 8 heteroatoms. The van der Waals surface area contributed by atoms with Crippen molar-refractivity contribution in [3.63, 3.8) is 0 Å². The Labute approximate surface area is 178 Å². The number of hydrazine groups is 1. The van der Waals surface area contributed by atoms with Gasteiger partial charge in [-0.25, -0.2) is 0 Å². The zero-order chi connectivity index (χ0) is 22.6. The third-order valence-electron chi connectivity index (χ3n) is 5.38. The fourth-order valence-electron chi connectivity index (χ4n) is 3.18. The number of terminal acetylenes is 1. The summed E-state index contributed by atoms with van der Waals surface area (Å²) in [6.07, 6.45) is 6.82. The Balaban J connectivity index is 0.000000287. The van der Waals surface area contributed by atoms with Crippen LogP contribution >= 0.6 is 0 Å². The van der Waals surface area contributed by atoms with Crippen molar-refractivity contribution in [3.05, 3.63) is 35.4 Å². The van der Waals surface area contributed by atoms with Gasteiger partial charge in [-0.2, -0.15) is 0 Å². The number of amides is 2. The van der Waals surface area contributed by atoms with Crippen molar-refractivity contribution in [2.45, 2.75) is 39.3 Å². The number of carbonyl (C=O) groups excluding carboxylic acids is 2. The smallest absolute Gasteiger partial charge is 0.223 e. The highest BCUT2D eigenvalue weighted by molar-refractivity contribution is 5.77. The van der Waals surface area contributed by atoms with E-state index in [4.69, 9.17) is 11.2 Å². The first kappa shape index (κ1) is 25.6. The molecule has 8 nitrogen and oxygen atoms in total. The number of hydrogen-bond donors (Lipinski definition) is 4. The molecule has 2 aliphatic heterocycles. The van der Waals surface area contributed by atoms with Crippen molar-refractivity contribution in [1.29, 1.82) is 0 Å². The average Bonchev–Trinajstić information content (AvgIpc) is 3.13. The maximum absolute atomic E-state index is 12.0. The third-order valence-corrected chi connectivity index (χ3v) is 5.38. The zero-order valence-electron chi connectivity index (χ0n) is 17.8. The Kier molecular flexibility index (Phi) is 11.1. The molecule has 0 spiro atoms. The predicted molar refractivity (Wildman–Crippen MR) is 116 cm³/mol. The van der Waals surface area contributed by atoms with Crippen molar-refractivity contribution in [3.8, 4) is 12.3 Å². The standard InChI is InChI=1S/C12H21NO3.C10H9NO.H4N2/c1-12(2,9-7-16-8-9)5-11(15)13-4-3-10(14)6-13;1-2-9-3-5-10(6-4-9)7-11-8-12;1-2/h9-10,14H,3-8H2,1-2H3;1,3-6,8H,7H2,(H,11,12);1-2H2. The molecule has 2 fully saturated rings. The SMILES string of the molecule is C#Cc1ccc(CNC=O)cc1.CC(C)(CC(=O)N1CCC(O)C1)C1COC1.NN. The predicted octanol–water partition coefficient (Wildman–Crippen LogP) is 0.375. The van der Waals surface area contributed by atoms with Gasteiger partial charge in [-0.05, 0) is 29.5 Å². The molecule has 2 amide bonds. The number of rotatable bonds is 6. The van der Waals surface area contributed by atoms with E-state index in [1.54, 1.807) is 4.90 Å². The molecule has 3 rings (SSSR count). The molecule has 2 heterocycles. The maximum atomic E-state index is 12.0. The van der Waals surface area contributed by atoms with E-state index in [1.165, 1.54) is 0 Å². The van der Waals surface area contributed by atoms with E-state index < -0.39 is 0 Å². The molecule has 1 atom stereocenters. The zero-order valence-corrected chi connectivity index (χ0v) is 17.8. The van der Waals surface area contributed by atoms with Crippen LogP contribution < -0.4 is 17.0 Å². The van der Waals surface area contributed by atoms with Gasteiger partial charge in [-0.15, -0.1) is 6.42 Å². The largest absolute Gasteiger partial charge is 0.391 e. The van der Waals surface area contributed by atoms with E-state index in [0.717, 1.165) is 30.8 Å². The molecule has 6 N–H and O–H groups in total. The Morgan fingerprint density at radius 1 is 1.37 bits per heavy atom. The minimum atomic E-state index is -0.320. The highest BCUT2D eigenvalue weighted by Crippen LogP contribution is 2.36. The fraction of sp³-hybridized carbons (Fsp3) is 0.545. The first-order valence-electron chi connectivity index (χ1n) is 9.95. The van der Waals surface area contributed by atoms with Crippen LogP contribution in [0.15, 0.2) is 24.3 Å². The average molecular weight is 419 g/mol. The van der Waals surface area contributed by atoms with Gasteiger partial charge in [0, 0.05) is 37.5 Å². The summed E-state index contributed by atoms with van der Waals surface area (Å²) in [5.74, 6) is 11.2. The molecular weight excluding hydrogens is 384 g/mol. The number of ether oxygens (including phenoxy) is 1. The molecule has 0 bridgehead atoms. The van der Waals surface area contributed by atoms with Gasteiger partial charge in [-0.3, -0.25) is 21.3 Å². The van der Waals surface area contributed by atoms with Gasteiger partial charge < -0.3 is 20.1 Å². The molecule has 1 unspecified atom stereocenters. The van der Waals surface area contributed by atoms with Gasteiger partial charge in [0.05, 0.1) is 19.3 Å². The summed E-state index contributed by atoms with van der Waals surface area (Å²) in [5.41, 5.74) is 1.91.